The molecule has 2 aromatic carbocycles. The van der Waals surface area contributed by atoms with Crippen LogP contribution in [0.15, 0.2) is 42.5 Å². The summed E-state index contributed by atoms with van der Waals surface area (Å²) < 4.78 is 0. The minimum absolute atomic E-state index is 0.0147. The third-order valence-electron chi connectivity index (χ3n) is 4.94. The molecule has 0 unspecified atom stereocenters. The number of piperazine rings is 1. The Morgan fingerprint density at radius 3 is 2.24 bits per heavy atom. The summed E-state index contributed by atoms with van der Waals surface area (Å²) in [6, 6.07) is 12.7. The minimum atomic E-state index is -0.114. The van der Waals surface area contributed by atoms with Crippen molar-refractivity contribution in [2.45, 2.75) is 20.3 Å². The smallest absolute Gasteiger partial charge is 0.228 e. The summed E-state index contributed by atoms with van der Waals surface area (Å²) in [5.41, 5.74) is 2.47. The van der Waals surface area contributed by atoms with Crippen LogP contribution in [0, 0.1) is 5.92 Å². The second kappa shape index (κ2) is 9.51. The third kappa shape index (κ3) is 5.64. The van der Waals surface area contributed by atoms with Crippen LogP contribution >= 0.6 is 23.2 Å². The molecule has 1 N–H and O–H groups in total. The van der Waals surface area contributed by atoms with E-state index in [4.69, 9.17) is 23.2 Å². The van der Waals surface area contributed by atoms with Crippen molar-refractivity contribution >= 4 is 46.4 Å². The van der Waals surface area contributed by atoms with Gasteiger partial charge in [0.25, 0.3) is 0 Å². The van der Waals surface area contributed by atoms with Crippen LogP contribution in [0.5, 0.6) is 0 Å². The van der Waals surface area contributed by atoms with Crippen molar-refractivity contribution < 1.29 is 9.59 Å². The highest BCUT2D eigenvalue weighted by molar-refractivity contribution is 6.33. The van der Waals surface area contributed by atoms with E-state index in [9.17, 15) is 9.59 Å². The number of nitrogens with zero attached hydrogens (tertiary/aromatic N) is 2. The molecule has 2 amide bonds. The van der Waals surface area contributed by atoms with Crippen molar-refractivity contribution in [2.24, 2.45) is 5.92 Å². The highest BCUT2D eigenvalue weighted by Crippen LogP contribution is 2.30. The van der Waals surface area contributed by atoms with Gasteiger partial charge in [0.2, 0.25) is 11.8 Å². The molecule has 1 aliphatic heterocycles. The zero-order valence-corrected chi connectivity index (χ0v) is 18.1. The van der Waals surface area contributed by atoms with Gasteiger partial charge in [0.15, 0.2) is 0 Å². The summed E-state index contributed by atoms with van der Waals surface area (Å²) >= 11 is 12.4. The number of benzene rings is 2. The average Bonchev–Trinajstić information content (AvgIpc) is 2.69. The molecule has 0 radical (unpaired) electrons. The Hall–Kier alpha value is -2.24. The number of carbonyl (C=O) groups is 2. The SMILES string of the molecule is CC(C)C(=O)N1CCN(c2ccc(NC(=O)Cc3ccc(Cl)cc3)cc2Cl)CC1. The van der Waals surface area contributed by atoms with Crippen molar-refractivity contribution in [3.05, 3.63) is 58.1 Å². The molecule has 1 aliphatic rings. The molecule has 154 valence electrons. The van der Waals surface area contributed by atoms with Crippen LogP contribution < -0.4 is 10.2 Å². The van der Waals surface area contributed by atoms with E-state index in [2.05, 4.69) is 10.2 Å². The number of hydrogen-bond acceptors (Lipinski definition) is 3. The van der Waals surface area contributed by atoms with Crippen LogP contribution in [-0.4, -0.2) is 42.9 Å². The van der Waals surface area contributed by atoms with Crippen LogP contribution in [0.3, 0.4) is 0 Å². The molecule has 1 heterocycles. The lowest BCUT2D eigenvalue weighted by atomic mass is 10.1. The second-order valence-corrected chi connectivity index (χ2v) is 8.33. The van der Waals surface area contributed by atoms with Crippen molar-refractivity contribution in [2.75, 3.05) is 36.4 Å². The lowest BCUT2D eigenvalue weighted by Crippen LogP contribution is -2.50. The number of rotatable bonds is 5. The molecule has 3 rings (SSSR count). The van der Waals surface area contributed by atoms with E-state index in [-0.39, 0.29) is 24.2 Å². The lowest BCUT2D eigenvalue weighted by Gasteiger charge is -2.37. The first-order chi connectivity index (χ1) is 13.8. The van der Waals surface area contributed by atoms with Gasteiger partial charge in [-0.25, -0.2) is 0 Å². The molecule has 5 nitrogen and oxygen atoms in total. The maximum atomic E-state index is 12.3. The first-order valence-corrected chi connectivity index (χ1v) is 10.5. The summed E-state index contributed by atoms with van der Waals surface area (Å²) in [7, 11) is 0. The van der Waals surface area contributed by atoms with Crippen LogP contribution in [0.2, 0.25) is 10.0 Å². The highest BCUT2D eigenvalue weighted by atomic mass is 35.5. The van der Waals surface area contributed by atoms with Gasteiger partial charge in [-0.1, -0.05) is 49.2 Å². The molecule has 7 heteroatoms. The Labute approximate surface area is 181 Å². The van der Waals surface area contributed by atoms with Crippen LogP contribution in [0.25, 0.3) is 0 Å². The number of hydrogen-bond donors (Lipinski definition) is 1. The Balaban J connectivity index is 1.58. The van der Waals surface area contributed by atoms with E-state index in [1.165, 1.54) is 0 Å². The normalized spacial score (nSPS) is 14.2. The standard InChI is InChI=1S/C22H25Cl2N3O2/c1-15(2)22(29)27-11-9-26(10-12-27)20-8-7-18(14-19(20)24)25-21(28)13-16-3-5-17(23)6-4-16/h3-8,14-15H,9-13H2,1-2H3,(H,25,28). The van der Waals surface area contributed by atoms with Gasteiger partial charge in [0.05, 0.1) is 17.1 Å². The number of halogens is 2. The minimum Gasteiger partial charge on any atom is -0.367 e. The van der Waals surface area contributed by atoms with Gasteiger partial charge in [-0.3, -0.25) is 9.59 Å². The zero-order valence-electron chi connectivity index (χ0n) is 16.6. The molecule has 0 atom stereocenters. The van der Waals surface area contributed by atoms with Crippen molar-refractivity contribution in [3.8, 4) is 0 Å². The zero-order chi connectivity index (χ0) is 21.0. The fourth-order valence-corrected chi connectivity index (χ4v) is 3.79. The molecular weight excluding hydrogens is 409 g/mol. The molecule has 1 saturated heterocycles. The fourth-order valence-electron chi connectivity index (χ4n) is 3.37. The first kappa shape index (κ1) is 21.5. The molecule has 0 spiro atoms. The number of nitrogens with one attached hydrogen (secondary N) is 1. The largest absolute Gasteiger partial charge is 0.367 e. The molecule has 0 aliphatic carbocycles. The van der Waals surface area contributed by atoms with E-state index in [0.29, 0.717) is 28.8 Å². The monoisotopic (exact) mass is 433 g/mol. The second-order valence-electron chi connectivity index (χ2n) is 7.48. The molecule has 0 bridgehead atoms. The van der Waals surface area contributed by atoms with Gasteiger partial charge in [-0.15, -0.1) is 0 Å². The quantitative estimate of drug-likeness (QED) is 0.755. The summed E-state index contributed by atoms with van der Waals surface area (Å²) in [5.74, 6) is 0.0901. The van der Waals surface area contributed by atoms with Gasteiger partial charge < -0.3 is 15.1 Å². The Morgan fingerprint density at radius 1 is 1.00 bits per heavy atom. The maximum absolute atomic E-state index is 12.3. The maximum Gasteiger partial charge on any atom is 0.228 e. The average molecular weight is 434 g/mol. The van der Waals surface area contributed by atoms with E-state index in [1.807, 2.05) is 43.0 Å². The molecular formula is C22H25Cl2N3O2. The Morgan fingerprint density at radius 2 is 1.66 bits per heavy atom. The van der Waals surface area contributed by atoms with Gasteiger partial charge in [-0.2, -0.15) is 0 Å². The van der Waals surface area contributed by atoms with Crippen LogP contribution in [-0.2, 0) is 16.0 Å². The van der Waals surface area contributed by atoms with Crippen LogP contribution in [0.4, 0.5) is 11.4 Å². The molecule has 0 saturated carbocycles. The van der Waals surface area contributed by atoms with Gasteiger partial charge in [0, 0.05) is 42.8 Å². The summed E-state index contributed by atoms with van der Waals surface area (Å²) in [6.07, 6.45) is 0.266. The first-order valence-electron chi connectivity index (χ1n) is 9.71. The van der Waals surface area contributed by atoms with E-state index in [1.54, 1.807) is 18.2 Å². The number of anilines is 2. The summed E-state index contributed by atoms with van der Waals surface area (Å²) in [4.78, 5) is 28.5. The van der Waals surface area contributed by atoms with Gasteiger partial charge >= 0.3 is 0 Å². The predicted molar refractivity (Wildman–Crippen MR) is 119 cm³/mol. The van der Waals surface area contributed by atoms with Gasteiger partial charge in [0.1, 0.15) is 0 Å². The van der Waals surface area contributed by atoms with Gasteiger partial charge in [-0.05, 0) is 35.9 Å². The van der Waals surface area contributed by atoms with Crippen molar-refractivity contribution in [3.63, 3.8) is 0 Å². The predicted octanol–water partition coefficient (Wildman–Crippen LogP) is 4.48. The molecule has 2 aromatic rings. The number of carbonyl (C=O) groups excluding carboxylic acids is 2. The van der Waals surface area contributed by atoms with Crippen LogP contribution in [0.1, 0.15) is 19.4 Å². The Kier molecular flexibility index (Phi) is 7.04. The van der Waals surface area contributed by atoms with E-state index < -0.39 is 0 Å². The molecule has 29 heavy (non-hydrogen) atoms. The van der Waals surface area contributed by atoms with E-state index >= 15 is 0 Å². The lowest BCUT2D eigenvalue weighted by molar-refractivity contribution is -0.134. The van der Waals surface area contributed by atoms with E-state index in [0.717, 1.165) is 24.3 Å². The summed E-state index contributed by atoms with van der Waals surface area (Å²) in [5, 5.41) is 4.11. The highest BCUT2D eigenvalue weighted by Gasteiger charge is 2.24. The molecule has 1 fully saturated rings. The summed E-state index contributed by atoms with van der Waals surface area (Å²) in [6.45, 7) is 6.69. The third-order valence-corrected chi connectivity index (χ3v) is 5.49. The molecule has 0 aromatic heterocycles. The number of amides is 2. The Bertz CT molecular complexity index is 876. The van der Waals surface area contributed by atoms with Crippen molar-refractivity contribution in [1.29, 1.82) is 0 Å². The fraction of sp³-hybridized carbons (Fsp3) is 0.364. The topological polar surface area (TPSA) is 52.7 Å². The van der Waals surface area contributed by atoms with Crippen molar-refractivity contribution in [1.82, 2.24) is 4.90 Å².